The Hall–Kier alpha value is -1.51. The lowest BCUT2D eigenvalue weighted by Crippen LogP contribution is -1.99. The van der Waals surface area contributed by atoms with Crippen molar-refractivity contribution in [2.24, 2.45) is 5.73 Å². The molecule has 2 rings (SSSR count). The van der Waals surface area contributed by atoms with Gasteiger partial charge in [-0.15, -0.1) is 0 Å². The second-order valence-electron chi connectivity index (χ2n) is 4.35. The van der Waals surface area contributed by atoms with Gasteiger partial charge in [0.15, 0.2) is 0 Å². The van der Waals surface area contributed by atoms with Crippen molar-refractivity contribution in [3.8, 4) is 16.9 Å². The van der Waals surface area contributed by atoms with E-state index >= 15 is 0 Å². The van der Waals surface area contributed by atoms with Crippen molar-refractivity contribution in [3.63, 3.8) is 0 Å². The summed E-state index contributed by atoms with van der Waals surface area (Å²) < 4.78 is 5.78. The maximum absolute atomic E-state index is 6.10. The summed E-state index contributed by atoms with van der Waals surface area (Å²) in [5.41, 5.74) is 8.80. The Bertz CT molecular complexity index is 554. The van der Waals surface area contributed by atoms with E-state index in [9.17, 15) is 0 Å². The summed E-state index contributed by atoms with van der Waals surface area (Å²) in [5.74, 6) is 0.898. The molecule has 2 nitrogen and oxygen atoms in total. The third-order valence-corrected chi connectivity index (χ3v) is 3.29. The van der Waals surface area contributed by atoms with Gasteiger partial charge in [0, 0.05) is 17.1 Å². The summed E-state index contributed by atoms with van der Waals surface area (Å²) in [6, 6.07) is 13.9. The number of nitrogens with two attached hydrogens (primary N) is 1. The van der Waals surface area contributed by atoms with Gasteiger partial charge in [-0.3, -0.25) is 0 Å². The lowest BCUT2D eigenvalue weighted by molar-refractivity contribution is 0.318. The van der Waals surface area contributed by atoms with Crippen LogP contribution in [0.4, 0.5) is 0 Å². The summed E-state index contributed by atoms with van der Waals surface area (Å²) in [7, 11) is 0. The van der Waals surface area contributed by atoms with E-state index in [1.807, 2.05) is 36.4 Å². The molecule has 2 aromatic rings. The highest BCUT2D eigenvalue weighted by Crippen LogP contribution is 2.32. The molecular formula is C16H18ClNO. The predicted octanol–water partition coefficient (Wildman–Crippen LogP) is 4.25. The lowest BCUT2D eigenvalue weighted by Gasteiger charge is -2.12. The standard InChI is InChI=1S/C16H18ClNO/c1-2-9-19-16-6-4-3-5-14(16)12-7-8-15(17)13(10-12)11-18/h3-8,10H,2,9,11,18H2,1H3. The van der Waals surface area contributed by atoms with Gasteiger partial charge >= 0.3 is 0 Å². The van der Waals surface area contributed by atoms with E-state index in [4.69, 9.17) is 22.1 Å². The highest BCUT2D eigenvalue weighted by Gasteiger charge is 2.07. The number of benzene rings is 2. The Kier molecular flexibility index (Phi) is 4.83. The Morgan fingerprint density at radius 3 is 2.68 bits per heavy atom. The number of hydrogen-bond acceptors (Lipinski definition) is 2. The fourth-order valence-electron chi connectivity index (χ4n) is 1.94. The second-order valence-corrected chi connectivity index (χ2v) is 4.76. The molecule has 0 spiro atoms. The van der Waals surface area contributed by atoms with Crippen molar-refractivity contribution < 1.29 is 4.74 Å². The molecule has 0 saturated carbocycles. The topological polar surface area (TPSA) is 35.2 Å². The molecule has 0 aromatic heterocycles. The zero-order valence-corrected chi connectivity index (χ0v) is 11.8. The summed E-state index contributed by atoms with van der Waals surface area (Å²) >= 11 is 6.10. The van der Waals surface area contributed by atoms with Gasteiger partial charge in [-0.25, -0.2) is 0 Å². The van der Waals surface area contributed by atoms with Crippen LogP contribution in [-0.2, 0) is 6.54 Å². The van der Waals surface area contributed by atoms with Gasteiger partial charge in [0.25, 0.3) is 0 Å². The summed E-state index contributed by atoms with van der Waals surface area (Å²) in [4.78, 5) is 0. The normalized spacial score (nSPS) is 10.5. The Balaban J connectivity index is 2.40. The van der Waals surface area contributed by atoms with Crippen molar-refractivity contribution in [1.29, 1.82) is 0 Å². The maximum atomic E-state index is 6.10. The quantitative estimate of drug-likeness (QED) is 0.885. The highest BCUT2D eigenvalue weighted by atomic mass is 35.5. The van der Waals surface area contributed by atoms with Crippen LogP contribution in [-0.4, -0.2) is 6.61 Å². The third-order valence-electron chi connectivity index (χ3n) is 2.93. The van der Waals surface area contributed by atoms with Crippen LogP contribution < -0.4 is 10.5 Å². The molecule has 19 heavy (non-hydrogen) atoms. The first-order valence-electron chi connectivity index (χ1n) is 6.47. The average molecular weight is 276 g/mol. The number of rotatable bonds is 5. The molecule has 0 radical (unpaired) electrons. The van der Waals surface area contributed by atoms with Crippen LogP contribution in [0.15, 0.2) is 42.5 Å². The fourth-order valence-corrected chi connectivity index (χ4v) is 2.14. The molecule has 0 aliphatic rings. The molecule has 0 unspecified atom stereocenters. The van der Waals surface area contributed by atoms with Crippen LogP contribution in [0.3, 0.4) is 0 Å². The van der Waals surface area contributed by atoms with Crippen molar-refractivity contribution in [2.75, 3.05) is 6.61 Å². The van der Waals surface area contributed by atoms with Gasteiger partial charge in [-0.05, 0) is 35.7 Å². The number of halogens is 1. The number of hydrogen-bond donors (Lipinski definition) is 1. The van der Waals surface area contributed by atoms with E-state index in [2.05, 4.69) is 13.0 Å². The smallest absolute Gasteiger partial charge is 0.127 e. The molecule has 0 saturated heterocycles. The minimum absolute atomic E-state index is 0.435. The Morgan fingerprint density at radius 1 is 1.16 bits per heavy atom. The first kappa shape index (κ1) is 13.9. The van der Waals surface area contributed by atoms with E-state index in [-0.39, 0.29) is 0 Å². The van der Waals surface area contributed by atoms with Crippen LogP contribution in [0, 0.1) is 0 Å². The molecule has 2 aromatic carbocycles. The predicted molar refractivity (Wildman–Crippen MR) is 80.6 cm³/mol. The largest absolute Gasteiger partial charge is 0.493 e. The summed E-state index contributed by atoms with van der Waals surface area (Å²) in [6.07, 6.45) is 0.989. The zero-order valence-electron chi connectivity index (χ0n) is 11.0. The third kappa shape index (κ3) is 3.28. The maximum Gasteiger partial charge on any atom is 0.127 e. The van der Waals surface area contributed by atoms with Crippen molar-refractivity contribution in [2.45, 2.75) is 19.9 Å². The molecule has 0 heterocycles. The Morgan fingerprint density at radius 2 is 1.95 bits per heavy atom. The molecule has 0 fully saturated rings. The summed E-state index contributed by atoms with van der Waals surface area (Å²) in [5, 5.41) is 0.707. The van der Waals surface area contributed by atoms with Crippen molar-refractivity contribution in [1.82, 2.24) is 0 Å². The van der Waals surface area contributed by atoms with Crippen molar-refractivity contribution >= 4 is 11.6 Å². The fraction of sp³-hybridized carbons (Fsp3) is 0.250. The SMILES string of the molecule is CCCOc1ccccc1-c1ccc(Cl)c(CN)c1. The molecular weight excluding hydrogens is 258 g/mol. The minimum atomic E-state index is 0.435. The van der Waals surface area contributed by atoms with Gasteiger partial charge in [0.2, 0.25) is 0 Å². The van der Waals surface area contributed by atoms with Crippen molar-refractivity contribution in [3.05, 3.63) is 53.1 Å². The average Bonchev–Trinajstić information content (AvgIpc) is 2.46. The molecule has 0 aliphatic heterocycles. The van der Waals surface area contributed by atoms with E-state index in [0.717, 1.165) is 28.9 Å². The van der Waals surface area contributed by atoms with E-state index in [1.165, 1.54) is 0 Å². The number of ether oxygens (including phenoxy) is 1. The van der Waals surface area contributed by atoms with Crippen LogP contribution >= 0.6 is 11.6 Å². The van der Waals surface area contributed by atoms with Gasteiger partial charge in [-0.2, -0.15) is 0 Å². The first-order chi connectivity index (χ1) is 9.26. The molecule has 0 amide bonds. The van der Waals surface area contributed by atoms with Gasteiger partial charge < -0.3 is 10.5 Å². The molecule has 0 bridgehead atoms. The monoisotopic (exact) mass is 275 g/mol. The molecule has 0 aliphatic carbocycles. The zero-order chi connectivity index (χ0) is 13.7. The lowest BCUT2D eigenvalue weighted by atomic mass is 10.0. The summed E-state index contributed by atoms with van der Waals surface area (Å²) in [6.45, 7) is 3.25. The van der Waals surface area contributed by atoms with Gasteiger partial charge in [-0.1, -0.05) is 42.8 Å². The number of para-hydroxylation sites is 1. The first-order valence-corrected chi connectivity index (χ1v) is 6.84. The van der Waals surface area contributed by atoms with Gasteiger partial charge in [0.05, 0.1) is 6.61 Å². The van der Waals surface area contributed by atoms with Gasteiger partial charge in [0.1, 0.15) is 5.75 Å². The van der Waals surface area contributed by atoms with Crippen LogP contribution in [0.2, 0.25) is 5.02 Å². The van der Waals surface area contributed by atoms with E-state index in [0.29, 0.717) is 18.2 Å². The molecule has 100 valence electrons. The second kappa shape index (κ2) is 6.60. The molecule has 2 N–H and O–H groups in total. The van der Waals surface area contributed by atoms with E-state index < -0.39 is 0 Å². The molecule has 3 heteroatoms. The Labute approximate surface area is 119 Å². The molecule has 0 atom stereocenters. The van der Waals surface area contributed by atoms with E-state index in [1.54, 1.807) is 0 Å². The van der Waals surface area contributed by atoms with Crippen LogP contribution in [0.1, 0.15) is 18.9 Å². The minimum Gasteiger partial charge on any atom is -0.493 e. The van der Waals surface area contributed by atoms with Crippen LogP contribution in [0.25, 0.3) is 11.1 Å². The highest BCUT2D eigenvalue weighted by molar-refractivity contribution is 6.31. The van der Waals surface area contributed by atoms with Crippen LogP contribution in [0.5, 0.6) is 5.75 Å².